The lowest BCUT2D eigenvalue weighted by molar-refractivity contribution is -0.121. The van der Waals surface area contributed by atoms with Crippen LogP contribution in [0.15, 0.2) is 12.1 Å². The molecule has 0 saturated carbocycles. The van der Waals surface area contributed by atoms with E-state index in [1.54, 1.807) is 4.90 Å². The van der Waals surface area contributed by atoms with Crippen molar-refractivity contribution >= 4 is 11.9 Å². The van der Waals surface area contributed by atoms with E-state index in [0.717, 1.165) is 6.07 Å². The van der Waals surface area contributed by atoms with E-state index in [4.69, 9.17) is 0 Å². The molecule has 24 heavy (non-hydrogen) atoms. The fraction of sp³-hybridized carbons (Fsp3) is 0.500. The molecule has 8 heteroatoms. The van der Waals surface area contributed by atoms with Gasteiger partial charge in [0.1, 0.15) is 5.82 Å². The minimum Gasteiger partial charge on any atom is -0.353 e. The molecule has 1 saturated heterocycles. The zero-order chi connectivity index (χ0) is 17.7. The molecule has 1 aromatic rings. The normalized spacial score (nSPS) is 15.2. The quantitative estimate of drug-likeness (QED) is 0.821. The second kappa shape index (κ2) is 8.03. The Morgan fingerprint density at radius 2 is 1.79 bits per heavy atom. The average molecular weight is 343 g/mol. The first-order valence-corrected chi connectivity index (χ1v) is 7.86. The molecule has 132 valence electrons. The van der Waals surface area contributed by atoms with Crippen molar-refractivity contribution in [2.45, 2.75) is 32.2 Å². The van der Waals surface area contributed by atoms with Crippen LogP contribution in [0.5, 0.6) is 0 Å². The van der Waals surface area contributed by atoms with Crippen molar-refractivity contribution in [3.63, 3.8) is 0 Å². The van der Waals surface area contributed by atoms with Gasteiger partial charge in [0.05, 0.1) is 6.42 Å². The van der Waals surface area contributed by atoms with Crippen molar-refractivity contribution in [3.8, 4) is 0 Å². The van der Waals surface area contributed by atoms with Crippen LogP contribution in [0.25, 0.3) is 0 Å². The Kier molecular flexibility index (Phi) is 6.05. The number of benzene rings is 1. The van der Waals surface area contributed by atoms with Crippen molar-refractivity contribution in [2.75, 3.05) is 19.6 Å². The molecule has 2 N–H and O–H groups in total. The van der Waals surface area contributed by atoms with Gasteiger partial charge in [0, 0.05) is 31.2 Å². The first-order valence-electron chi connectivity index (χ1n) is 7.86. The lowest BCUT2D eigenvalue weighted by Gasteiger charge is -2.32. The summed E-state index contributed by atoms with van der Waals surface area (Å²) in [6, 6.07) is 1.16. The largest absolute Gasteiger partial charge is 0.353 e. The van der Waals surface area contributed by atoms with Crippen molar-refractivity contribution in [1.82, 2.24) is 15.5 Å². The molecule has 3 amide bonds. The number of urea groups is 1. The van der Waals surface area contributed by atoms with Crippen LogP contribution in [0.2, 0.25) is 0 Å². The summed E-state index contributed by atoms with van der Waals surface area (Å²) in [5.74, 6) is -4.05. The third kappa shape index (κ3) is 4.39. The van der Waals surface area contributed by atoms with E-state index in [0.29, 0.717) is 38.5 Å². The molecule has 0 atom stereocenters. The number of nitrogens with one attached hydrogen (secondary N) is 2. The number of nitrogens with zero attached hydrogens (tertiary/aromatic N) is 1. The Labute approximate surface area is 138 Å². The Bertz CT molecular complexity index is 617. The molecule has 0 aromatic heterocycles. The van der Waals surface area contributed by atoms with E-state index in [9.17, 15) is 22.8 Å². The Balaban J connectivity index is 1.86. The summed E-state index contributed by atoms with van der Waals surface area (Å²) in [6.45, 7) is 3.34. The molecule has 1 fully saturated rings. The molecule has 5 nitrogen and oxygen atoms in total. The van der Waals surface area contributed by atoms with Crippen LogP contribution >= 0.6 is 0 Å². The van der Waals surface area contributed by atoms with Crippen LogP contribution in [0.4, 0.5) is 18.0 Å². The molecule has 0 bridgehead atoms. The minimum absolute atomic E-state index is 0.147. The van der Waals surface area contributed by atoms with Gasteiger partial charge in [-0.2, -0.15) is 0 Å². The number of likely N-dealkylation sites (tertiary alicyclic amines) is 1. The number of halogens is 3. The molecule has 0 spiro atoms. The SMILES string of the molecule is CCNC(=O)N1CCC(NC(=O)Cc2c(F)ccc(F)c2F)CC1. The third-order valence-electron chi connectivity index (χ3n) is 3.95. The fourth-order valence-electron chi connectivity index (χ4n) is 2.66. The highest BCUT2D eigenvalue weighted by Crippen LogP contribution is 2.17. The maximum absolute atomic E-state index is 13.6. The van der Waals surface area contributed by atoms with Gasteiger partial charge in [-0.3, -0.25) is 4.79 Å². The predicted octanol–water partition coefficient (Wildman–Crippen LogP) is 1.96. The van der Waals surface area contributed by atoms with Gasteiger partial charge < -0.3 is 15.5 Å². The molecule has 2 rings (SSSR count). The number of amides is 3. The van der Waals surface area contributed by atoms with Gasteiger partial charge in [0.25, 0.3) is 0 Å². The smallest absolute Gasteiger partial charge is 0.317 e. The molecule has 1 aliphatic heterocycles. The van der Waals surface area contributed by atoms with E-state index < -0.39 is 35.3 Å². The minimum atomic E-state index is -1.34. The van der Waals surface area contributed by atoms with Gasteiger partial charge in [0.2, 0.25) is 5.91 Å². The number of hydrogen-bond acceptors (Lipinski definition) is 2. The van der Waals surface area contributed by atoms with Crippen LogP contribution < -0.4 is 10.6 Å². The highest BCUT2D eigenvalue weighted by atomic mass is 19.2. The van der Waals surface area contributed by atoms with E-state index in [-0.39, 0.29) is 12.1 Å². The highest BCUT2D eigenvalue weighted by molar-refractivity contribution is 5.79. The third-order valence-corrected chi connectivity index (χ3v) is 3.95. The van der Waals surface area contributed by atoms with Gasteiger partial charge in [0.15, 0.2) is 11.6 Å². The molecular formula is C16H20F3N3O2. The Morgan fingerprint density at radius 1 is 1.17 bits per heavy atom. The first-order chi connectivity index (χ1) is 11.4. The number of hydrogen-bond donors (Lipinski definition) is 2. The van der Waals surface area contributed by atoms with Gasteiger partial charge in [-0.05, 0) is 31.9 Å². The number of piperidine rings is 1. The van der Waals surface area contributed by atoms with E-state index in [1.807, 2.05) is 6.92 Å². The number of rotatable bonds is 4. The summed E-state index contributed by atoms with van der Waals surface area (Å²) in [4.78, 5) is 25.3. The second-order valence-electron chi connectivity index (χ2n) is 5.66. The maximum Gasteiger partial charge on any atom is 0.317 e. The number of carbonyl (C=O) groups excluding carboxylic acids is 2. The van der Waals surface area contributed by atoms with Crippen molar-refractivity contribution < 1.29 is 22.8 Å². The lowest BCUT2D eigenvalue weighted by atomic mass is 10.0. The highest BCUT2D eigenvalue weighted by Gasteiger charge is 2.24. The van der Waals surface area contributed by atoms with Gasteiger partial charge in [-0.15, -0.1) is 0 Å². The molecule has 1 heterocycles. The van der Waals surface area contributed by atoms with Crippen LogP contribution in [0.1, 0.15) is 25.3 Å². The van der Waals surface area contributed by atoms with Crippen molar-refractivity contribution in [2.24, 2.45) is 0 Å². The van der Waals surface area contributed by atoms with E-state index in [1.165, 1.54) is 0 Å². The summed E-state index contributed by atoms with van der Waals surface area (Å²) in [5.41, 5.74) is -0.577. The molecule has 1 aromatic carbocycles. The Morgan fingerprint density at radius 3 is 2.42 bits per heavy atom. The van der Waals surface area contributed by atoms with E-state index >= 15 is 0 Å². The fourth-order valence-corrected chi connectivity index (χ4v) is 2.66. The van der Waals surface area contributed by atoms with Gasteiger partial charge in [-0.1, -0.05) is 0 Å². The second-order valence-corrected chi connectivity index (χ2v) is 5.66. The number of carbonyl (C=O) groups is 2. The monoisotopic (exact) mass is 343 g/mol. The summed E-state index contributed by atoms with van der Waals surface area (Å²) in [5, 5.41) is 5.38. The molecule has 0 aliphatic carbocycles. The van der Waals surface area contributed by atoms with E-state index in [2.05, 4.69) is 10.6 Å². The van der Waals surface area contributed by atoms with Gasteiger partial charge in [-0.25, -0.2) is 18.0 Å². The van der Waals surface area contributed by atoms with Crippen LogP contribution in [0.3, 0.4) is 0 Å². The van der Waals surface area contributed by atoms with Crippen LogP contribution in [-0.2, 0) is 11.2 Å². The Hall–Kier alpha value is -2.25. The van der Waals surface area contributed by atoms with Crippen LogP contribution in [-0.4, -0.2) is 42.5 Å². The summed E-state index contributed by atoms with van der Waals surface area (Å²) >= 11 is 0. The molecule has 0 unspecified atom stereocenters. The summed E-state index contributed by atoms with van der Waals surface area (Å²) in [7, 11) is 0. The lowest BCUT2D eigenvalue weighted by Crippen LogP contribution is -2.49. The standard InChI is InChI=1S/C16H20F3N3O2/c1-2-20-16(24)22-7-5-10(6-8-22)21-14(23)9-11-12(17)3-4-13(18)15(11)19/h3-4,10H,2,5-9H2,1H3,(H,20,24)(H,21,23). The zero-order valence-electron chi connectivity index (χ0n) is 13.4. The topological polar surface area (TPSA) is 61.4 Å². The van der Waals surface area contributed by atoms with Crippen LogP contribution in [0, 0.1) is 17.5 Å². The molecule has 0 radical (unpaired) electrons. The van der Waals surface area contributed by atoms with Gasteiger partial charge >= 0.3 is 6.03 Å². The zero-order valence-corrected chi connectivity index (χ0v) is 13.4. The van der Waals surface area contributed by atoms with Crippen molar-refractivity contribution in [1.29, 1.82) is 0 Å². The molecule has 1 aliphatic rings. The summed E-state index contributed by atoms with van der Waals surface area (Å²) < 4.78 is 40.2. The predicted molar refractivity (Wildman–Crippen MR) is 81.8 cm³/mol. The molecular weight excluding hydrogens is 323 g/mol. The maximum atomic E-state index is 13.6. The summed E-state index contributed by atoms with van der Waals surface area (Å²) in [6.07, 6.45) is 0.542. The first kappa shape index (κ1) is 18.1. The van der Waals surface area contributed by atoms with Crippen molar-refractivity contribution in [3.05, 3.63) is 35.1 Å². The average Bonchev–Trinajstić information content (AvgIpc) is 2.56.